The van der Waals surface area contributed by atoms with Crippen molar-refractivity contribution in [3.8, 4) is 0 Å². The quantitative estimate of drug-likeness (QED) is 0.553. The fourth-order valence-corrected chi connectivity index (χ4v) is 1.23. The molecule has 2 nitrogen and oxygen atoms in total. The molecular weight excluding hydrogens is 160 g/mol. The zero-order valence-corrected chi connectivity index (χ0v) is 7.82. The molecule has 0 saturated carbocycles. The van der Waals surface area contributed by atoms with Crippen LogP contribution in [0.4, 0.5) is 0 Å². The predicted octanol–water partition coefficient (Wildman–Crippen LogP) is 2.44. The normalized spacial score (nSPS) is 12.4. The van der Waals surface area contributed by atoms with Gasteiger partial charge in [-0.2, -0.15) is 0 Å². The average molecular weight is 176 g/mol. The molecule has 1 aromatic heterocycles. The van der Waals surface area contributed by atoms with Gasteiger partial charge in [-0.15, -0.1) is 6.58 Å². The van der Waals surface area contributed by atoms with E-state index < -0.39 is 0 Å². The van der Waals surface area contributed by atoms with Crippen LogP contribution >= 0.6 is 0 Å². The molecule has 0 aliphatic carbocycles. The molecule has 0 aliphatic rings. The van der Waals surface area contributed by atoms with E-state index in [1.165, 1.54) is 0 Å². The van der Waals surface area contributed by atoms with Gasteiger partial charge in [0.2, 0.25) is 0 Å². The minimum absolute atomic E-state index is 0.0705. The van der Waals surface area contributed by atoms with Crippen LogP contribution in [0.5, 0.6) is 0 Å². The van der Waals surface area contributed by atoms with Gasteiger partial charge in [-0.1, -0.05) is 12.1 Å². The monoisotopic (exact) mass is 176 g/mol. The Balaban J connectivity index is 2.39. The second-order valence-corrected chi connectivity index (χ2v) is 3.08. The first-order valence-corrected chi connectivity index (χ1v) is 4.62. The third kappa shape index (κ3) is 3.38. The maximum Gasteiger partial charge on any atom is 0.0570 e. The van der Waals surface area contributed by atoms with Gasteiger partial charge in [0, 0.05) is 12.2 Å². The summed E-state index contributed by atoms with van der Waals surface area (Å²) in [4.78, 5) is 4.21. The first-order valence-electron chi connectivity index (χ1n) is 4.62. The van der Waals surface area contributed by atoms with Crippen LogP contribution < -0.4 is 5.73 Å². The molecule has 2 N–H and O–H groups in total. The Bertz CT molecular complexity index is 244. The van der Waals surface area contributed by atoms with Gasteiger partial charge >= 0.3 is 0 Å². The third-order valence-corrected chi connectivity index (χ3v) is 1.99. The van der Waals surface area contributed by atoms with Crippen LogP contribution in [0.15, 0.2) is 37.1 Å². The summed E-state index contributed by atoms with van der Waals surface area (Å²) in [6.45, 7) is 3.67. The van der Waals surface area contributed by atoms with E-state index in [4.69, 9.17) is 5.73 Å². The Morgan fingerprint density at radius 3 is 3.00 bits per heavy atom. The van der Waals surface area contributed by atoms with Crippen molar-refractivity contribution in [2.45, 2.75) is 25.3 Å². The van der Waals surface area contributed by atoms with Crippen molar-refractivity contribution in [3.63, 3.8) is 0 Å². The van der Waals surface area contributed by atoms with Crippen LogP contribution in [-0.4, -0.2) is 4.98 Å². The van der Waals surface area contributed by atoms with Crippen LogP contribution in [-0.2, 0) is 0 Å². The van der Waals surface area contributed by atoms with Crippen LogP contribution in [0.1, 0.15) is 31.0 Å². The summed E-state index contributed by atoms with van der Waals surface area (Å²) in [6.07, 6.45) is 6.79. The zero-order chi connectivity index (χ0) is 9.52. The largest absolute Gasteiger partial charge is 0.323 e. The number of unbranched alkanes of at least 4 members (excludes halogenated alkanes) is 1. The second kappa shape index (κ2) is 5.49. The van der Waals surface area contributed by atoms with E-state index in [2.05, 4.69) is 11.6 Å². The molecule has 0 amide bonds. The molecule has 0 aromatic carbocycles. The minimum Gasteiger partial charge on any atom is -0.323 e. The van der Waals surface area contributed by atoms with Gasteiger partial charge in [0.15, 0.2) is 0 Å². The lowest BCUT2D eigenvalue weighted by Gasteiger charge is -2.09. The highest BCUT2D eigenvalue weighted by Gasteiger charge is 2.04. The highest BCUT2D eigenvalue weighted by atomic mass is 14.8. The molecule has 1 unspecified atom stereocenters. The summed E-state index contributed by atoms with van der Waals surface area (Å²) in [5, 5.41) is 0. The van der Waals surface area contributed by atoms with Crippen molar-refractivity contribution in [2.75, 3.05) is 0 Å². The Kier molecular flexibility index (Phi) is 4.19. The van der Waals surface area contributed by atoms with Crippen molar-refractivity contribution < 1.29 is 0 Å². The lowest BCUT2D eigenvalue weighted by molar-refractivity contribution is 0.603. The SMILES string of the molecule is C=CCCCC(N)c1ccccn1. The summed E-state index contributed by atoms with van der Waals surface area (Å²) in [5.41, 5.74) is 6.92. The lowest BCUT2D eigenvalue weighted by atomic mass is 10.1. The maximum absolute atomic E-state index is 5.94. The molecule has 1 aromatic rings. The van der Waals surface area contributed by atoms with E-state index in [-0.39, 0.29) is 6.04 Å². The number of aromatic nitrogens is 1. The summed E-state index contributed by atoms with van der Waals surface area (Å²) in [5.74, 6) is 0. The van der Waals surface area contributed by atoms with Gasteiger partial charge < -0.3 is 5.73 Å². The van der Waals surface area contributed by atoms with Crippen molar-refractivity contribution in [1.29, 1.82) is 0 Å². The predicted molar refractivity (Wildman–Crippen MR) is 55.2 cm³/mol. The molecule has 0 radical (unpaired) electrons. The van der Waals surface area contributed by atoms with E-state index in [9.17, 15) is 0 Å². The van der Waals surface area contributed by atoms with Crippen molar-refractivity contribution in [3.05, 3.63) is 42.7 Å². The van der Waals surface area contributed by atoms with Gasteiger partial charge in [0.05, 0.1) is 5.69 Å². The number of hydrogen-bond acceptors (Lipinski definition) is 2. The molecule has 2 heteroatoms. The summed E-state index contributed by atoms with van der Waals surface area (Å²) >= 11 is 0. The number of pyridine rings is 1. The summed E-state index contributed by atoms with van der Waals surface area (Å²) < 4.78 is 0. The highest BCUT2D eigenvalue weighted by molar-refractivity contribution is 5.07. The maximum atomic E-state index is 5.94. The van der Waals surface area contributed by atoms with Gasteiger partial charge in [-0.25, -0.2) is 0 Å². The van der Waals surface area contributed by atoms with Crippen molar-refractivity contribution in [1.82, 2.24) is 4.98 Å². The molecular formula is C11H16N2. The van der Waals surface area contributed by atoms with Gasteiger partial charge in [0.1, 0.15) is 0 Å². The van der Waals surface area contributed by atoms with E-state index >= 15 is 0 Å². The smallest absolute Gasteiger partial charge is 0.0570 e. The van der Waals surface area contributed by atoms with Gasteiger partial charge in [0.25, 0.3) is 0 Å². The minimum atomic E-state index is 0.0705. The van der Waals surface area contributed by atoms with E-state index in [0.717, 1.165) is 25.0 Å². The summed E-state index contributed by atoms with van der Waals surface area (Å²) in [7, 11) is 0. The zero-order valence-electron chi connectivity index (χ0n) is 7.82. The fourth-order valence-electron chi connectivity index (χ4n) is 1.23. The van der Waals surface area contributed by atoms with E-state index in [0.29, 0.717) is 0 Å². The molecule has 0 aliphatic heterocycles. The van der Waals surface area contributed by atoms with Gasteiger partial charge in [-0.3, -0.25) is 4.98 Å². The Morgan fingerprint density at radius 1 is 1.54 bits per heavy atom. The number of nitrogens with two attached hydrogens (primary N) is 1. The molecule has 1 rings (SSSR count). The van der Waals surface area contributed by atoms with E-state index in [1.54, 1.807) is 6.20 Å². The standard InChI is InChI=1S/C11H16N2/c1-2-3-4-7-10(12)11-8-5-6-9-13-11/h2,5-6,8-10H,1,3-4,7,12H2. The topological polar surface area (TPSA) is 38.9 Å². The lowest BCUT2D eigenvalue weighted by Crippen LogP contribution is -2.11. The van der Waals surface area contributed by atoms with Crippen LogP contribution in [0.2, 0.25) is 0 Å². The van der Waals surface area contributed by atoms with Crippen molar-refractivity contribution in [2.24, 2.45) is 5.73 Å². The van der Waals surface area contributed by atoms with Gasteiger partial charge in [-0.05, 0) is 31.4 Å². The average Bonchev–Trinajstić information content (AvgIpc) is 2.19. The van der Waals surface area contributed by atoms with Crippen LogP contribution in [0, 0.1) is 0 Å². The molecule has 13 heavy (non-hydrogen) atoms. The number of allylic oxidation sites excluding steroid dienone is 1. The van der Waals surface area contributed by atoms with Crippen molar-refractivity contribution >= 4 is 0 Å². The first kappa shape index (κ1) is 9.93. The first-order chi connectivity index (χ1) is 6.34. The second-order valence-electron chi connectivity index (χ2n) is 3.08. The molecule has 0 bridgehead atoms. The molecule has 0 fully saturated rings. The van der Waals surface area contributed by atoms with Crippen LogP contribution in [0.25, 0.3) is 0 Å². The summed E-state index contributed by atoms with van der Waals surface area (Å²) in [6, 6.07) is 5.91. The number of nitrogens with zero attached hydrogens (tertiary/aromatic N) is 1. The molecule has 0 saturated heterocycles. The molecule has 1 heterocycles. The third-order valence-electron chi connectivity index (χ3n) is 1.99. The molecule has 1 atom stereocenters. The Hall–Kier alpha value is -1.15. The molecule has 70 valence electrons. The Morgan fingerprint density at radius 2 is 2.38 bits per heavy atom. The number of hydrogen-bond donors (Lipinski definition) is 1. The van der Waals surface area contributed by atoms with E-state index in [1.807, 2.05) is 24.3 Å². The fraction of sp³-hybridized carbons (Fsp3) is 0.364. The highest BCUT2D eigenvalue weighted by Crippen LogP contribution is 2.13. The van der Waals surface area contributed by atoms with Crippen LogP contribution in [0.3, 0.4) is 0 Å². The number of rotatable bonds is 5. The Labute approximate surface area is 79.5 Å². The molecule has 0 spiro atoms.